The van der Waals surface area contributed by atoms with E-state index in [1.54, 1.807) is 18.7 Å². The third-order valence-corrected chi connectivity index (χ3v) is 7.88. The normalized spacial score (nSPS) is 15.8. The van der Waals surface area contributed by atoms with Gasteiger partial charge in [0, 0.05) is 37.2 Å². The van der Waals surface area contributed by atoms with Crippen LogP contribution in [-0.2, 0) is 21.4 Å². The van der Waals surface area contributed by atoms with Crippen LogP contribution < -0.4 is 0 Å². The minimum Gasteiger partial charge on any atom is -0.360 e. The van der Waals surface area contributed by atoms with E-state index < -0.39 is 10.0 Å². The SMILES string of the molecule is Cc1noc(C)c1S(=O)(=O)N1CCN(C(=O)CN(C)Cc2ccccc2Br)CC1. The van der Waals surface area contributed by atoms with Gasteiger partial charge in [-0.15, -0.1) is 0 Å². The number of halogens is 1. The molecule has 0 bridgehead atoms. The van der Waals surface area contributed by atoms with Gasteiger partial charge in [-0.1, -0.05) is 39.3 Å². The van der Waals surface area contributed by atoms with Crippen molar-refractivity contribution in [1.29, 1.82) is 0 Å². The number of aromatic nitrogens is 1. The van der Waals surface area contributed by atoms with E-state index >= 15 is 0 Å². The summed E-state index contributed by atoms with van der Waals surface area (Å²) in [6.07, 6.45) is 0. The van der Waals surface area contributed by atoms with Crippen molar-refractivity contribution in [2.45, 2.75) is 25.3 Å². The molecule has 158 valence electrons. The van der Waals surface area contributed by atoms with Crippen molar-refractivity contribution in [3.8, 4) is 0 Å². The van der Waals surface area contributed by atoms with Gasteiger partial charge in [0.25, 0.3) is 0 Å². The number of aryl methyl sites for hydroxylation is 2. The molecular weight excluding hydrogens is 460 g/mol. The van der Waals surface area contributed by atoms with E-state index in [0.717, 1.165) is 10.0 Å². The van der Waals surface area contributed by atoms with Crippen LogP contribution in [0, 0.1) is 13.8 Å². The van der Waals surface area contributed by atoms with Crippen molar-refractivity contribution in [2.24, 2.45) is 0 Å². The van der Waals surface area contributed by atoms with Crippen molar-refractivity contribution in [3.63, 3.8) is 0 Å². The van der Waals surface area contributed by atoms with E-state index in [2.05, 4.69) is 21.1 Å². The molecule has 1 saturated heterocycles. The summed E-state index contributed by atoms with van der Waals surface area (Å²) in [6.45, 7) is 5.37. The Morgan fingerprint density at radius 1 is 1.21 bits per heavy atom. The van der Waals surface area contributed by atoms with Crippen LogP contribution in [0.2, 0.25) is 0 Å². The highest BCUT2D eigenvalue weighted by Crippen LogP contribution is 2.24. The van der Waals surface area contributed by atoms with Crippen molar-refractivity contribution in [1.82, 2.24) is 19.3 Å². The average Bonchev–Trinajstić information content (AvgIpc) is 3.02. The minimum atomic E-state index is -3.67. The number of carbonyl (C=O) groups excluding carboxylic acids is 1. The molecule has 0 radical (unpaired) electrons. The zero-order valence-corrected chi connectivity index (χ0v) is 19.2. The minimum absolute atomic E-state index is 0.00561. The summed E-state index contributed by atoms with van der Waals surface area (Å²) >= 11 is 3.52. The number of hydrogen-bond donors (Lipinski definition) is 0. The van der Waals surface area contributed by atoms with Gasteiger partial charge in [0.05, 0.1) is 6.54 Å². The van der Waals surface area contributed by atoms with Crippen molar-refractivity contribution >= 4 is 31.9 Å². The molecule has 0 spiro atoms. The topological polar surface area (TPSA) is 87.0 Å². The fourth-order valence-electron chi connectivity index (χ4n) is 3.45. The molecule has 1 aliphatic rings. The molecule has 3 rings (SSSR count). The first-order valence-electron chi connectivity index (χ1n) is 9.33. The van der Waals surface area contributed by atoms with Crippen LogP contribution in [0.4, 0.5) is 0 Å². The second kappa shape index (κ2) is 8.95. The maximum absolute atomic E-state index is 12.9. The van der Waals surface area contributed by atoms with Crippen LogP contribution in [0.1, 0.15) is 17.0 Å². The fraction of sp³-hybridized carbons (Fsp3) is 0.474. The highest BCUT2D eigenvalue weighted by molar-refractivity contribution is 9.10. The van der Waals surface area contributed by atoms with Gasteiger partial charge in [0.15, 0.2) is 5.76 Å². The van der Waals surface area contributed by atoms with Crippen LogP contribution in [0.3, 0.4) is 0 Å². The van der Waals surface area contributed by atoms with Gasteiger partial charge in [-0.2, -0.15) is 4.31 Å². The van der Waals surface area contributed by atoms with E-state index in [0.29, 0.717) is 25.3 Å². The lowest BCUT2D eigenvalue weighted by Crippen LogP contribution is -2.52. The molecule has 1 fully saturated rings. The molecule has 0 N–H and O–H groups in total. The van der Waals surface area contributed by atoms with Gasteiger partial charge in [-0.3, -0.25) is 9.69 Å². The first-order chi connectivity index (χ1) is 13.7. The van der Waals surface area contributed by atoms with E-state index in [9.17, 15) is 13.2 Å². The number of sulfonamides is 1. The lowest BCUT2D eigenvalue weighted by Gasteiger charge is -2.34. The quantitative estimate of drug-likeness (QED) is 0.623. The number of carbonyl (C=O) groups is 1. The molecule has 0 aliphatic carbocycles. The largest absolute Gasteiger partial charge is 0.360 e. The molecule has 1 aliphatic heterocycles. The molecule has 2 heterocycles. The molecule has 29 heavy (non-hydrogen) atoms. The zero-order valence-electron chi connectivity index (χ0n) is 16.8. The molecule has 2 aromatic rings. The molecule has 0 saturated carbocycles. The van der Waals surface area contributed by atoms with Gasteiger partial charge in [-0.25, -0.2) is 8.42 Å². The summed E-state index contributed by atoms with van der Waals surface area (Å²) in [6, 6.07) is 7.91. The van der Waals surface area contributed by atoms with Gasteiger partial charge in [0.1, 0.15) is 10.6 Å². The summed E-state index contributed by atoms with van der Waals surface area (Å²) in [5.41, 5.74) is 1.47. The summed E-state index contributed by atoms with van der Waals surface area (Å²) in [4.78, 5) is 16.5. The Bertz CT molecular complexity index is 964. The number of nitrogens with zero attached hydrogens (tertiary/aromatic N) is 4. The van der Waals surface area contributed by atoms with E-state index in [1.807, 2.05) is 36.2 Å². The molecular formula is C19H25BrN4O4S. The molecule has 8 nitrogen and oxygen atoms in total. The Labute approximate surface area is 179 Å². The lowest BCUT2D eigenvalue weighted by atomic mass is 10.2. The second-order valence-corrected chi connectivity index (χ2v) is 9.93. The maximum atomic E-state index is 12.9. The van der Waals surface area contributed by atoms with Gasteiger partial charge in [-0.05, 0) is 32.5 Å². The third-order valence-electron chi connectivity index (χ3n) is 4.96. The third kappa shape index (κ3) is 4.88. The molecule has 1 aromatic heterocycles. The monoisotopic (exact) mass is 484 g/mol. The van der Waals surface area contributed by atoms with Crippen LogP contribution >= 0.6 is 15.9 Å². The maximum Gasteiger partial charge on any atom is 0.248 e. The predicted molar refractivity (Wildman–Crippen MR) is 112 cm³/mol. The zero-order chi connectivity index (χ0) is 21.2. The molecule has 1 aromatic carbocycles. The van der Waals surface area contributed by atoms with E-state index in [1.165, 1.54) is 4.31 Å². The van der Waals surface area contributed by atoms with Gasteiger partial charge >= 0.3 is 0 Å². The summed E-state index contributed by atoms with van der Waals surface area (Å²) in [5.74, 6) is 0.281. The summed E-state index contributed by atoms with van der Waals surface area (Å²) in [5, 5.41) is 3.74. The Hall–Kier alpha value is -1.75. The van der Waals surface area contributed by atoms with Crippen molar-refractivity contribution in [2.75, 3.05) is 39.8 Å². The number of likely N-dealkylation sites (N-methyl/N-ethyl adjacent to an activating group) is 1. The molecule has 0 unspecified atom stereocenters. The van der Waals surface area contributed by atoms with Crippen LogP contribution in [0.25, 0.3) is 0 Å². The average molecular weight is 485 g/mol. The van der Waals surface area contributed by atoms with Gasteiger partial charge < -0.3 is 9.42 Å². The van der Waals surface area contributed by atoms with Crippen LogP contribution in [-0.4, -0.2) is 73.4 Å². The molecule has 0 atom stereocenters. The summed E-state index contributed by atoms with van der Waals surface area (Å²) < 4.78 is 33.2. The highest BCUT2D eigenvalue weighted by atomic mass is 79.9. The first kappa shape index (κ1) is 21.9. The Kier molecular flexibility index (Phi) is 6.77. The Morgan fingerprint density at radius 3 is 2.45 bits per heavy atom. The number of benzene rings is 1. The van der Waals surface area contributed by atoms with Crippen LogP contribution in [0.5, 0.6) is 0 Å². The smallest absolute Gasteiger partial charge is 0.248 e. The lowest BCUT2D eigenvalue weighted by molar-refractivity contribution is -0.133. The van der Waals surface area contributed by atoms with E-state index in [4.69, 9.17) is 4.52 Å². The van der Waals surface area contributed by atoms with Crippen molar-refractivity contribution in [3.05, 3.63) is 45.8 Å². The van der Waals surface area contributed by atoms with Crippen LogP contribution in [0.15, 0.2) is 38.2 Å². The summed E-state index contributed by atoms with van der Waals surface area (Å²) in [7, 11) is -1.78. The van der Waals surface area contributed by atoms with Gasteiger partial charge in [0.2, 0.25) is 15.9 Å². The predicted octanol–water partition coefficient (Wildman–Crippen LogP) is 2.02. The second-order valence-electron chi connectivity index (χ2n) is 7.20. The standard InChI is InChI=1S/C19H25BrN4O4S/c1-14-19(15(2)28-21-14)29(26,27)24-10-8-23(9-11-24)18(25)13-22(3)12-16-6-4-5-7-17(16)20/h4-7H,8-13H2,1-3H3. The fourth-order valence-corrected chi connectivity index (χ4v) is 5.58. The molecule has 10 heteroatoms. The molecule has 1 amide bonds. The highest BCUT2D eigenvalue weighted by Gasteiger charge is 2.34. The van der Waals surface area contributed by atoms with E-state index in [-0.39, 0.29) is 36.2 Å². The Morgan fingerprint density at radius 2 is 1.86 bits per heavy atom. The number of amides is 1. The number of piperazine rings is 1. The first-order valence-corrected chi connectivity index (χ1v) is 11.6. The number of hydrogen-bond acceptors (Lipinski definition) is 6. The number of rotatable bonds is 6. The van der Waals surface area contributed by atoms with Crippen molar-refractivity contribution < 1.29 is 17.7 Å². The Balaban J connectivity index is 1.56.